The van der Waals surface area contributed by atoms with Crippen molar-refractivity contribution < 1.29 is 9.59 Å². The van der Waals surface area contributed by atoms with Crippen LogP contribution in [-0.2, 0) is 9.59 Å². The Morgan fingerprint density at radius 3 is 2.79 bits per heavy atom. The molecule has 4 aliphatic carbocycles. The second-order valence-corrected chi connectivity index (χ2v) is 8.72. The Labute approximate surface area is 143 Å². The predicted octanol–water partition coefficient (Wildman–Crippen LogP) is 4.00. The number of carbonyl (C=O) groups is 2. The van der Waals surface area contributed by atoms with Gasteiger partial charge in [0.15, 0.2) is 5.78 Å². The Morgan fingerprint density at radius 1 is 1.29 bits per heavy atom. The second kappa shape index (κ2) is 5.15. The molecule has 0 aromatic rings. The quantitative estimate of drug-likeness (QED) is 0.541. The Kier molecular flexibility index (Phi) is 3.39. The number of rotatable bonds is 1. The number of nitrogens with zero attached hydrogens (tertiary/aromatic N) is 1. The molecule has 0 aromatic heterocycles. The summed E-state index contributed by atoms with van der Waals surface area (Å²) in [5, 5.41) is 9.56. The normalized spacial score (nSPS) is 46.8. The first-order chi connectivity index (χ1) is 11.4. The van der Waals surface area contributed by atoms with Crippen LogP contribution in [0.5, 0.6) is 0 Å². The van der Waals surface area contributed by atoms with Gasteiger partial charge in [-0.3, -0.25) is 4.79 Å². The van der Waals surface area contributed by atoms with E-state index in [4.69, 9.17) is 0 Å². The summed E-state index contributed by atoms with van der Waals surface area (Å²) in [6.45, 7) is 4.51. The number of aldehydes is 1. The number of nitriles is 1. The van der Waals surface area contributed by atoms with Crippen molar-refractivity contribution in [2.24, 2.45) is 34.5 Å². The van der Waals surface area contributed by atoms with Crippen LogP contribution >= 0.6 is 0 Å². The largest absolute Gasteiger partial charge is 0.303 e. The maximum absolute atomic E-state index is 11.9. The molecule has 0 aliphatic heterocycles. The fourth-order valence-corrected chi connectivity index (χ4v) is 6.33. The molecule has 3 nitrogen and oxygen atoms in total. The number of ketones is 1. The molecule has 4 aliphatic rings. The molecule has 0 spiro atoms. The number of carbonyl (C=O) groups excluding carboxylic acids is 2. The average Bonchev–Trinajstić information content (AvgIpc) is 2.91. The minimum atomic E-state index is -0.134. The molecule has 0 amide bonds. The molecule has 126 valence electrons. The highest BCUT2D eigenvalue weighted by atomic mass is 16.1. The summed E-state index contributed by atoms with van der Waals surface area (Å²) in [6, 6.07) is 2.54. The maximum Gasteiger partial charge on any atom is 0.155 e. The predicted molar refractivity (Wildman–Crippen MR) is 90.7 cm³/mol. The Bertz CT molecular complexity index is 712. The van der Waals surface area contributed by atoms with E-state index in [1.165, 1.54) is 5.57 Å². The van der Waals surface area contributed by atoms with Crippen LogP contribution in [-0.4, -0.2) is 12.1 Å². The Hall–Kier alpha value is -1.69. The second-order valence-electron chi connectivity index (χ2n) is 8.72. The van der Waals surface area contributed by atoms with E-state index in [-0.39, 0.29) is 28.4 Å². The first-order valence-corrected chi connectivity index (χ1v) is 9.24. The minimum Gasteiger partial charge on any atom is -0.303 e. The molecule has 2 saturated carbocycles. The van der Waals surface area contributed by atoms with Gasteiger partial charge in [0.05, 0.1) is 12.0 Å². The van der Waals surface area contributed by atoms with E-state index in [2.05, 4.69) is 26.0 Å². The molecule has 1 unspecified atom stereocenters. The number of hydrogen-bond acceptors (Lipinski definition) is 3. The standard InChI is InChI=1S/C21H25NO2/c1-20-8-6-18-16(17(20)4-3-14(20)11-22)9-13(12-23)19-10-15(24)5-7-21(18,19)2/h6,10,12-14,16-17H,3-5,7-9H2,1-2H3/t13?,14-,16+,17+,20-,21-/m1/s1. The van der Waals surface area contributed by atoms with E-state index in [1.54, 1.807) is 6.08 Å². The highest BCUT2D eigenvalue weighted by molar-refractivity contribution is 5.93. The van der Waals surface area contributed by atoms with Gasteiger partial charge in [-0.2, -0.15) is 5.26 Å². The summed E-state index contributed by atoms with van der Waals surface area (Å²) in [7, 11) is 0. The monoisotopic (exact) mass is 323 g/mol. The van der Waals surface area contributed by atoms with Gasteiger partial charge in [0.2, 0.25) is 0 Å². The summed E-state index contributed by atoms with van der Waals surface area (Å²) >= 11 is 0. The van der Waals surface area contributed by atoms with E-state index >= 15 is 0 Å². The third-order valence-electron chi connectivity index (χ3n) is 7.75. The summed E-state index contributed by atoms with van der Waals surface area (Å²) < 4.78 is 0. The maximum atomic E-state index is 11.9. The van der Waals surface area contributed by atoms with Gasteiger partial charge in [-0.25, -0.2) is 0 Å². The van der Waals surface area contributed by atoms with Crippen molar-refractivity contribution in [3.8, 4) is 6.07 Å². The SMILES string of the molecule is C[C@]12CCC(=O)C=C1C(C=O)C[C@@H]1C2=CC[C@]2(C)[C@@H](C#N)CC[C@@H]12. The van der Waals surface area contributed by atoms with Crippen LogP contribution in [0.25, 0.3) is 0 Å². The molecule has 0 N–H and O–H groups in total. The van der Waals surface area contributed by atoms with Crippen molar-refractivity contribution in [2.45, 2.75) is 52.4 Å². The third-order valence-corrected chi connectivity index (χ3v) is 7.75. The van der Waals surface area contributed by atoms with E-state index in [0.717, 1.165) is 44.0 Å². The van der Waals surface area contributed by atoms with Crippen molar-refractivity contribution in [1.82, 2.24) is 0 Å². The minimum absolute atomic E-state index is 0.0540. The van der Waals surface area contributed by atoms with E-state index in [9.17, 15) is 14.9 Å². The van der Waals surface area contributed by atoms with Crippen LogP contribution < -0.4 is 0 Å². The number of allylic oxidation sites excluding steroid dienone is 4. The van der Waals surface area contributed by atoms with Crippen LogP contribution in [0, 0.1) is 45.8 Å². The Balaban J connectivity index is 1.82. The van der Waals surface area contributed by atoms with Gasteiger partial charge < -0.3 is 4.79 Å². The van der Waals surface area contributed by atoms with Crippen LogP contribution in [0.15, 0.2) is 23.3 Å². The zero-order chi connectivity index (χ0) is 17.1. The lowest BCUT2D eigenvalue weighted by molar-refractivity contribution is -0.116. The lowest BCUT2D eigenvalue weighted by Gasteiger charge is -2.54. The van der Waals surface area contributed by atoms with Crippen molar-refractivity contribution in [2.75, 3.05) is 0 Å². The van der Waals surface area contributed by atoms with Gasteiger partial charge in [0.1, 0.15) is 6.29 Å². The van der Waals surface area contributed by atoms with Gasteiger partial charge in [0.25, 0.3) is 0 Å². The van der Waals surface area contributed by atoms with Crippen LogP contribution in [0.1, 0.15) is 52.4 Å². The molecule has 0 saturated heterocycles. The molecular weight excluding hydrogens is 298 g/mol. The lowest BCUT2D eigenvalue weighted by atomic mass is 9.49. The van der Waals surface area contributed by atoms with Crippen molar-refractivity contribution in [3.63, 3.8) is 0 Å². The lowest BCUT2D eigenvalue weighted by Crippen LogP contribution is -2.47. The highest BCUT2D eigenvalue weighted by Gasteiger charge is 2.57. The fourth-order valence-electron chi connectivity index (χ4n) is 6.33. The molecule has 0 aromatic carbocycles. The van der Waals surface area contributed by atoms with Crippen molar-refractivity contribution in [3.05, 3.63) is 23.3 Å². The van der Waals surface area contributed by atoms with Gasteiger partial charge in [0, 0.05) is 17.8 Å². The molecule has 0 heterocycles. The van der Waals surface area contributed by atoms with E-state index in [1.807, 2.05) is 0 Å². The summed E-state index contributed by atoms with van der Waals surface area (Å²) in [6.07, 6.45) is 10.5. The van der Waals surface area contributed by atoms with Gasteiger partial charge in [-0.05, 0) is 61.0 Å². The first-order valence-electron chi connectivity index (χ1n) is 9.24. The topological polar surface area (TPSA) is 57.9 Å². The number of fused-ring (bicyclic) bond motifs is 5. The van der Waals surface area contributed by atoms with Crippen molar-refractivity contribution in [1.29, 1.82) is 5.26 Å². The van der Waals surface area contributed by atoms with Crippen LogP contribution in [0.3, 0.4) is 0 Å². The molecule has 0 bridgehead atoms. The van der Waals surface area contributed by atoms with Gasteiger partial charge >= 0.3 is 0 Å². The Morgan fingerprint density at radius 2 is 2.08 bits per heavy atom. The molecule has 0 radical (unpaired) electrons. The molecule has 3 heteroatoms. The molecule has 24 heavy (non-hydrogen) atoms. The van der Waals surface area contributed by atoms with Crippen LogP contribution in [0.4, 0.5) is 0 Å². The zero-order valence-corrected chi connectivity index (χ0v) is 14.5. The molecule has 2 fully saturated rings. The average molecular weight is 323 g/mol. The third kappa shape index (κ3) is 1.89. The summed E-state index contributed by atoms with van der Waals surface area (Å²) in [5.41, 5.74) is 2.43. The van der Waals surface area contributed by atoms with E-state index in [0.29, 0.717) is 18.3 Å². The zero-order valence-electron chi connectivity index (χ0n) is 14.5. The van der Waals surface area contributed by atoms with E-state index < -0.39 is 0 Å². The van der Waals surface area contributed by atoms with Crippen LogP contribution in [0.2, 0.25) is 0 Å². The molecule has 4 rings (SSSR count). The van der Waals surface area contributed by atoms with Crippen molar-refractivity contribution >= 4 is 12.1 Å². The molecule has 6 atom stereocenters. The molecular formula is C21H25NO2. The van der Waals surface area contributed by atoms with Gasteiger partial charge in [-0.15, -0.1) is 0 Å². The summed E-state index contributed by atoms with van der Waals surface area (Å²) in [5.74, 6) is 1.06. The number of hydrogen-bond donors (Lipinski definition) is 0. The summed E-state index contributed by atoms with van der Waals surface area (Å²) in [4.78, 5) is 23.8. The van der Waals surface area contributed by atoms with Gasteiger partial charge in [-0.1, -0.05) is 25.5 Å². The fraction of sp³-hybridized carbons (Fsp3) is 0.667. The first kappa shape index (κ1) is 15.8. The highest BCUT2D eigenvalue weighted by Crippen LogP contribution is 2.65. The smallest absolute Gasteiger partial charge is 0.155 e.